The minimum atomic E-state index is -0.564. The Morgan fingerprint density at radius 2 is 1.95 bits per heavy atom. The summed E-state index contributed by atoms with van der Waals surface area (Å²) >= 11 is 0. The van der Waals surface area contributed by atoms with Crippen molar-refractivity contribution in [3.05, 3.63) is 54.1 Å². The Hall–Kier alpha value is -2.63. The third-order valence-corrected chi connectivity index (χ3v) is 2.48. The SMILES string of the molecule is Nc1ccc(F)cc1NC(=O)COc1ccccc1F. The predicted molar refractivity (Wildman–Crippen MR) is 71.3 cm³/mol. The van der Waals surface area contributed by atoms with Crippen molar-refractivity contribution in [2.45, 2.75) is 0 Å². The summed E-state index contributed by atoms with van der Waals surface area (Å²) in [4.78, 5) is 11.6. The van der Waals surface area contributed by atoms with Crippen molar-refractivity contribution in [2.24, 2.45) is 0 Å². The van der Waals surface area contributed by atoms with E-state index < -0.39 is 24.1 Å². The first kappa shape index (κ1) is 13.8. The summed E-state index contributed by atoms with van der Waals surface area (Å²) in [6.45, 7) is -0.406. The van der Waals surface area contributed by atoms with Gasteiger partial charge in [0.05, 0.1) is 11.4 Å². The molecule has 1 amide bonds. The zero-order valence-electron chi connectivity index (χ0n) is 10.4. The number of carbonyl (C=O) groups is 1. The molecule has 3 N–H and O–H groups in total. The van der Waals surface area contributed by atoms with E-state index in [0.717, 1.165) is 6.07 Å². The van der Waals surface area contributed by atoms with Crippen LogP contribution in [0.4, 0.5) is 20.2 Å². The summed E-state index contributed by atoms with van der Waals surface area (Å²) in [5.41, 5.74) is 5.96. The van der Waals surface area contributed by atoms with Crippen LogP contribution in [-0.4, -0.2) is 12.5 Å². The molecule has 0 spiro atoms. The molecule has 2 aromatic rings. The smallest absolute Gasteiger partial charge is 0.262 e. The van der Waals surface area contributed by atoms with Crippen molar-refractivity contribution in [1.29, 1.82) is 0 Å². The van der Waals surface area contributed by atoms with Crippen LogP contribution in [0.5, 0.6) is 5.75 Å². The van der Waals surface area contributed by atoms with Crippen molar-refractivity contribution < 1.29 is 18.3 Å². The normalized spacial score (nSPS) is 10.1. The molecule has 2 aromatic carbocycles. The Morgan fingerprint density at radius 3 is 2.70 bits per heavy atom. The lowest BCUT2D eigenvalue weighted by Gasteiger charge is -2.09. The first-order valence-corrected chi connectivity index (χ1v) is 5.78. The second-order valence-electron chi connectivity index (χ2n) is 4.00. The van der Waals surface area contributed by atoms with Gasteiger partial charge in [0.15, 0.2) is 18.2 Å². The molecule has 0 aliphatic rings. The Labute approximate surface area is 114 Å². The number of anilines is 2. The molecule has 0 aliphatic carbocycles. The Balaban J connectivity index is 1.96. The molecule has 0 radical (unpaired) electrons. The van der Waals surface area contributed by atoms with E-state index in [1.54, 1.807) is 6.07 Å². The van der Waals surface area contributed by atoms with Crippen molar-refractivity contribution in [3.63, 3.8) is 0 Å². The molecule has 0 bridgehead atoms. The van der Waals surface area contributed by atoms with Gasteiger partial charge in [-0.05, 0) is 30.3 Å². The van der Waals surface area contributed by atoms with Gasteiger partial charge in [-0.3, -0.25) is 4.79 Å². The van der Waals surface area contributed by atoms with E-state index in [1.165, 1.54) is 30.3 Å². The highest BCUT2D eigenvalue weighted by molar-refractivity contribution is 5.94. The highest BCUT2D eigenvalue weighted by Crippen LogP contribution is 2.19. The molecule has 0 aromatic heterocycles. The monoisotopic (exact) mass is 278 g/mol. The zero-order valence-corrected chi connectivity index (χ0v) is 10.4. The molecule has 104 valence electrons. The standard InChI is InChI=1S/C14H12F2N2O2/c15-9-5-6-11(17)12(7-9)18-14(19)8-20-13-4-2-1-3-10(13)16/h1-7H,8,17H2,(H,18,19). The molecule has 0 saturated heterocycles. The second kappa shape index (κ2) is 6.01. The van der Waals surface area contributed by atoms with Gasteiger partial charge in [-0.15, -0.1) is 0 Å². The summed E-state index contributed by atoms with van der Waals surface area (Å²) in [6, 6.07) is 9.33. The van der Waals surface area contributed by atoms with Crippen LogP contribution in [0.2, 0.25) is 0 Å². The first-order chi connectivity index (χ1) is 9.56. The summed E-state index contributed by atoms with van der Waals surface area (Å²) in [5.74, 6) is -1.68. The number of hydrogen-bond donors (Lipinski definition) is 2. The van der Waals surface area contributed by atoms with Crippen molar-refractivity contribution in [1.82, 2.24) is 0 Å². The van der Waals surface area contributed by atoms with Gasteiger partial charge in [0.2, 0.25) is 0 Å². The molecule has 0 unspecified atom stereocenters. The quantitative estimate of drug-likeness (QED) is 0.845. The number of amides is 1. The van der Waals surface area contributed by atoms with Gasteiger partial charge in [-0.2, -0.15) is 0 Å². The number of nitrogens with two attached hydrogens (primary N) is 1. The van der Waals surface area contributed by atoms with Gasteiger partial charge in [0.25, 0.3) is 5.91 Å². The van der Waals surface area contributed by atoms with Gasteiger partial charge in [-0.25, -0.2) is 8.78 Å². The summed E-state index contributed by atoms with van der Waals surface area (Å²) in [5, 5.41) is 2.39. The highest BCUT2D eigenvalue weighted by atomic mass is 19.1. The molecule has 0 saturated carbocycles. The lowest BCUT2D eigenvalue weighted by molar-refractivity contribution is -0.118. The summed E-state index contributed by atoms with van der Waals surface area (Å²) in [7, 11) is 0. The molecule has 4 nitrogen and oxygen atoms in total. The van der Waals surface area contributed by atoms with Crippen LogP contribution in [0.3, 0.4) is 0 Å². The number of benzene rings is 2. The topological polar surface area (TPSA) is 64.3 Å². The predicted octanol–water partition coefficient (Wildman–Crippen LogP) is 2.56. The van der Waals surface area contributed by atoms with E-state index >= 15 is 0 Å². The lowest BCUT2D eigenvalue weighted by Crippen LogP contribution is -2.21. The lowest BCUT2D eigenvalue weighted by atomic mass is 10.2. The van der Waals surface area contributed by atoms with Crippen LogP contribution >= 0.6 is 0 Å². The number of ether oxygens (including phenoxy) is 1. The molecule has 0 heterocycles. The minimum absolute atomic E-state index is 0.0325. The molecule has 6 heteroatoms. The van der Waals surface area contributed by atoms with Gasteiger partial charge in [0.1, 0.15) is 5.82 Å². The Kier molecular flexibility index (Phi) is 4.14. The van der Waals surface area contributed by atoms with Crippen LogP contribution in [0.1, 0.15) is 0 Å². The van der Waals surface area contributed by atoms with Gasteiger partial charge in [0, 0.05) is 0 Å². The van der Waals surface area contributed by atoms with E-state index in [0.29, 0.717) is 0 Å². The molecular weight excluding hydrogens is 266 g/mol. The van der Waals surface area contributed by atoms with Crippen molar-refractivity contribution >= 4 is 17.3 Å². The first-order valence-electron chi connectivity index (χ1n) is 5.78. The highest BCUT2D eigenvalue weighted by Gasteiger charge is 2.09. The van der Waals surface area contributed by atoms with Gasteiger partial charge in [-0.1, -0.05) is 12.1 Å². The molecule has 0 fully saturated rings. The zero-order chi connectivity index (χ0) is 14.5. The Morgan fingerprint density at radius 1 is 1.20 bits per heavy atom. The average Bonchev–Trinajstić information content (AvgIpc) is 2.42. The van der Waals surface area contributed by atoms with Gasteiger partial charge >= 0.3 is 0 Å². The maximum Gasteiger partial charge on any atom is 0.262 e. The number of rotatable bonds is 4. The largest absolute Gasteiger partial charge is 0.481 e. The van der Waals surface area contributed by atoms with E-state index in [1.807, 2.05) is 0 Å². The maximum absolute atomic E-state index is 13.3. The summed E-state index contributed by atoms with van der Waals surface area (Å²) < 4.78 is 31.3. The van der Waals surface area contributed by atoms with E-state index in [2.05, 4.69) is 5.32 Å². The molecule has 2 rings (SSSR count). The number of hydrogen-bond acceptors (Lipinski definition) is 3. The van der Waals surface area contributed by atoms with Crippen LogP contribution < -0.4 is 15.8 Å². The third kappa shape index (κ3) is 3.44. The van der Waals surface area contributed by atoms with E-state index in [4.69, 9.17) is 10.5 Å². The molecular formula is C14H12F2N2O2. The maximum atomic E-state index is 13.3. The fraction of sp³-hybridized carbons (Fsp3) is 0.0714. The fourth-order valence-corrected chi connectivity index (χ4v) is 1.53. The number of nitrogens with one attached hydrogen (secondary N) is 1. The van der Waals surface area contributed by atoms with Crippen molar-refractivity contribution in [3.8, 4) is 5.75 Å². The number of nitrogen functional groups attached to an aromatic ring is 1. The van der Waals surface area contributed by atoms with E-state index in [-0.39, 0.29) is 17.1 Å². The fourth-order valence-electron chi connectivity index (χ4n) is 1.53. The van der Waals surface area contributed by atoms with Crippen molar-refractivity contribution in [2.75, 3.05) is 17.7 Å². The number of halogens is 2. The van der Waals surface area contributed by atoms with Crippen LogP contribution in [-0.2, 0) is 4.79 Å². The van der Waals surface area contributed by atoms with E-state index in [9.17, 15) is 13.6 Å². The van der Waals surface area contributed by atoms with Crippen LogP contribution in [0, 0.1) is 11.6 Å². The molecule has 0 atom stereocenters. The second-order valence-corrected chi connectivity index (χ2v) is 4.00. The third-order valence-electron chi connectivity index (χ3n) is 2.48. The van der Waals surface area contributed by atoms with Crippen LogP contribution in [0.25, 0.3) is 0 Å². The number of para-hydroxylation sites is 1. The Bertz CT molecular complexity index is 632. The molecule has 20 heavy (non-hydrogen) atoms. The van der Waals surface area contributed by atoms with Crippen LogP contribution in [0.15, 0.2) is 42.5 Å². The minimum Gasteiger partial charge on any atom is -0.481 e. The molecule has 0 aliphatic heterocycles. The summed E-state index contributed by atoms with van der Waals surface area (Å²) in [6.07, 6.45) is 0. The van der Waals surface area contributed by atoms with Gasteiger partial charge < -0.3 is 15.8 Å². The number of carbonyl (C=O) groups excluding carboxylic acids is 1. The average molecular weight is 278 g/mol.